The van der Waals surface area contributed by atoms with Crippen LogP contribution in [0.5, 0.6) is 0 Å². The van der Waals surface area contributed by atoms with E-state index in [1.54, 1.807) is 0 Å². The molecular weight excluding hydrogens is 311 g/mol. The van der Waals surface area contributed by atoms with Crippen LogP contribution in [0.2, 0.25) is 0 Å². The Labute approximate surface area is 149 Å². The van der Waals surface area contributed by atoms with Crippen LogP contribution in [-0.4, -0.2) is 11.4 Å². The lowest BCUT2D eigenvalue weighted by Gasteiger charge is -2.29. The normalized spacial score (nSPS) is 21.5. The van der Waals surface area contributed by atoms with E-state index in [4.69, 9.17) is 0 Å². The van der Waals surface area contributed by atoms with Crippen molar-refractivity contribution in [2.75, 3.05) is 0 Å². The zero-order valence-electron chi connectivity index (χ0n) is 15.3. The molecule has 128 valence electrons. The van der Waals surface area contributed by atoms with Crippen LogP contribution in [0.15, 0.2) is 60.2 Å². The highest BCUT2D eigenvalue weighted by Gasteiger charge is 2.24. The number of hydrogen-bond acceptors (Lipinski definition) is 1. The largest absolute Gasteiger partial charge is 0.294 e. The average molecular weight is 340 g/mol. The molecule has 2 heteroatoms. The van der Waals surface area contributed by atoms with Gasteiger partial charge < -0.3 is 0 Å². The van der Waals surface area contributed by atoms with Crippen LogP contribution >= 0.6 is 9.24 Å². The predicted octanol–water partition coefficient (Wildman–Crippen LogP) is 5.78. The standard InChI is InChI=1S/C22H29OP/c1-15(2)21(23)20-8-6-18(7-9-20)14-22(5)12-10-19(11-13-22)16(3)17(4)24/h6-12,15,17H,3,13-14,24H2,1-2,4-5H3. The molecule has 1 aromatic carbocycles. The molecule has 0 fully saturated rings. The summed E-state index contributed by atoms with van der Waals surface area (Å²) in [6, 6.07) is 8.12. The Hall–Kier alpha value is -1.46. The molecule has 0 aliphatic heterocycles. The van der Waals surface area contributed by atoms with Crippen molar-refractivity contribution in [3.8, 4) is 0 Å². The number of allylic oxidation sites excluding steroid dienone is 5. The van der Waals surface area contributed by atoms with Gasteiger partial charge in [-0.3, -0.25) is 4.79 Å². The van der Waals surface area contributed by atoms with E-state index >= 15 is 0 Å². The summed E-state index contributed by atoms with van der Waals surface area (Å²) in [5.41, 5.74) is 5.04. The van der Waals surface area contributed by atoms with Crippen molar-refractivity contribution in [2.45, 2.75) is 46.2 Å². The van der Waals surface area contributed by atoms with E-state index in [1.165, 1.54) is 16.7 Å². The van der Waals surface area contributed by atoms with Gasteiger partial charge in [0.25, 0.3) is 0 Å². The molecule has 1 aliphatic carbocycles. The number of ketones is 1. The molecule has 1 nitrogen and oxygen atoms in total. The number of benzene rings is 1. The maximum Gasteiger partial charge on any atom is 0.165 e. The minimum absolute atomic E-state index is 0.0467. The summed E-state index contributed by atoms with van der Waals surface area (Å²) in [5, 5.41) is 0. The van der Waals surface area contributed by atoms with Gasteiger partial charge in [0, 0.05) is 11.5 Å². The van der Waals surface area contributed by atoms with Gasteiger partial charge in [-0.15, -0.1) is 9.24 Å². The maximum absolute atomic E-state index is 12.0. The molecule has 0 spiro atoms. The van der Waals surface area contributed by atoms with Gasteiger partial charge in [-0.05, 0) is 40.6 Å². The first-order chi connectivity index (χ1) is 11.2. The number of Topliss-reactive ketones (excluding diaryl/α,β-unsaturated/α-hetero) is 1. The minimum atomic E-state index is 0.0467. The Morgan fingerprint density at radius 3 is 2.33 bits per heavy atom. The maximum atomic E-state index is 12.0. The van der Waals surface area contributed by atoms with Crippen LogP contribution in [0.3, 0.4) is 0 Å². The monoisotopic (exact) mass is 340 g/mol. The molecule has 0 heterocycles. The van der Waals surface area contributed by atoms with Crippen LogP contribution in [0, 0.1) is 11.3 Å². The summed E-state index contributed by atoms with van der Waals surface area (Å²) in [6.07, 6.45) is 8.82. The topological polar surface area (TPSA) is 17.1 Å². The molecule has 0 N–H and O–H groups in total. The highest BCUT2D eigenvalue weighted by molar-refractivity contribution is 7.18. The molecule has 3 unspecified atom stereocenters. The Kier molecular flexibility index (Phi) is 5.99. The van der Waals surface area contributed by atoms with Crippen molar-refractivity contribution in [1.82, 2.24) is 0 Å². The summed E-state index contributed by atoms with van der Waals surface area (Å²) in [7, 11) is 2.81. The summed E-state index contributed by atoms with van der Waals surface area (Å²) in [5.74, 6) is 0.258. The second kappa shape index (κ2) is 7.62. The number of carbonyl (C=O) groups is 1. The lowest BCUT2D eigenvalue weighted by atomic mass is 9.76. The van der Waals surface area contributed by atoms with Gasteiger partial charge in [0.15, 0.2) is 5.78 Å². The van der Waals surface area contributed by atoms with Gasteiger partial charge in [0.2, 0.25) is 0 Å². The SMILES string of the molecule is C=C(C1=CCC(C)(Cc2ccc(C(=O)C(C)C)cc2)C=C1)C(C)P. The van der Waals surface area contributed by atoms with Gasteiger partial charge in [0.05, 0.1) is 0 Å². The molecule has 0 saturated heterocycles. The van der Waals surface area contributed by atoms with E-state index in [9.17, 15) is 4.79 Å². The zero-order chi connectivity index (χ0) is 17.9. The molecule has 0 aromatic heterocycles. The first-order valence-corrected chi connectivity index (χ1v) is 9.36. The molecule has 3 atom stereocenters. The first kappa shape index (κ1) is 18.9. The lowest BCUT2D eigenvalue weighted by Crippen LogP contribution is -2.19. The average Bonchev–Trinajstić information content (AvgIpc) is 2.54. The second-order valence-corrected chi connectivity index (χ2v) is 8.56. The third-order valence-electron chi connectivity index (χ3n) is 4.74. The number of hydrogen-bond donors (Lipinski definition) is 0. The highest BCUT2D eigenvalue weighted by atomic mass is 31.0. The molecule has 0 radical (unpaired) electrons. The van der Waals surface area contributed by atoms with Crippen molar-refractivity contribution < 1.29 is 4.79 Å². The lowest BCUT2D eigenvalue weighted by molar-refractivity contribution is 0.0939. The molecular formula is C22H29OP. The summed E-state index contributed by atoms with van der Waals surface area (Å²) < 4.78 is 0. The van der Waals surface area contributed by atoms with Crippen molar-refractivity contribution in [3.05, 3.63) is 71.3 Å². The summed E-state index contributed by atoms with van der Waals surface area (Å²) in [4.78, 5) is 12.0. The van der Waals surface area contributed by atoms with Crippen LogP contribution in [-0.2, 0) is 6.42 Å². The van der Waals surface area contributed by atoms with Crippen LogP contribution in [0.4, 0.5) is 0 Å². The fraction of sp³-hybridized carbons (Fsp3) is 0.409. The van der Waals surface area contributed by atoms with Gasteiger partial charge in [0.1, 0.15) is 0 Å². The Morgan fingerprint density at radius 2 is 1.88 bits per heavy atom. The van der Waals surface area contributed by atoms with Gasteiger partial charge in [-0.1, -0.05) is 76.8 Å². The summed E-state index contributed by atoms with van der Waals surface area (Å²) >= 11 is 0. The minimum Gasteiger partial charge on any atom is -0.294 e. The van der Waals surface area contributed by atoms with Gasteiger partial charge in [-0.25, -0.2) is 0 Å². The molecule has 0 saturated carbocycles. The summed E-state index contributed by atoms with van der Waals surface area (Å²) in [6.45, 7) is 12.5. The Balaban J connectivity index is 2.06. The smallest absolute Gasteiger partial charge is 0.165 e. The van der Waals surface area contributed by atoms with Crippen LogP contribution in [0.25, 0.3) is 0 Å². The number of rotatable bonds is 6. The first-order valence-electron chi connectivity index (χ1n) is 8.69. The van der Waals surface area contributed by atoms with E-state index in [-0.39, 0.29) is 17.1 Å². The van der Waals surface area contributed by atoms with E-state index in [1.807, 2.05) is 26.0 Å². The van der Waals surface area contributed by atoms with E-state index < -0.39 is 0 Å². The highest BCUT2D eigenvalue weighted by Crippen LogP contribution is 2.35. The van der Waals surface area contributed by atoms with Crippen molar-refractivity contribution in [2.24, 2.45) is 11.3 Å². The van der Waals surface area contributed by atoms with E-state index in [2.05, 4.69) is 60.0 Å². The predicted molar refractivity (Wildman–Crippen MR) is 108 cm³/mol. The fourth-order valence-electron chi connectivity index (χ4n) is 2.99. The Bertz CT molecular complexity index is 676. The van der Waals surface area contributed by atoms with Crippen LogP contribution in [0.1, 0.15) is 50.0 Å². The van der Waals surface area contributed by atoms with E-state index in [0.717, 1.165) is 18.4 Å². The van der Waals surface area contributed by atoms with E-state index in [0.29, 0.717) is 5.66 Å². The molecule has 24 heavy (non-hydrogen) atoms. The molecule has 1 aliphatic rings. The zero-order valence-corrected chi connectivity index (χ0v) is 16.5. The third kappa shape index (κ3) is 4.54. The van der Waals surface area contributed by atoms with Crippen molar-refractivity contribution >= 4 is 15.0 Å². The van der Waals surface area contributed by atoms with Crippen LogP contribution < -0.4 is 0 Å². The Morgan fingerprint density at radius 1 is 1.25 bits per heavy atom. The van der Waals surface area contributed by atoms with Crippen molar-refractivity contribution in [3.63, 3.8) is 0 Å². The van der Waals surface area contributed by atoms with Crippen molar-refractivity contribution in [1.29, 1.82) is 0 Å². The molecule has 0 amide bonds. The molecule has 2 rings (SSSR count). The third-order valence-corrected chi connectivity index (χ3v) is 5.15. The van der Waals surface area contributed by atoms with Gasteiger partial charge >= 0.3 is 0 Å². The molecule has 1 aromatic rings. The molecule has 0 bridgehead atoms. The number of carbonyl (C=O) groups excluding carboxylic acids is 1. The quantitative estimate of drug-likeness (QED) is 0.474. The van der Waals surface area contributed by atoms with Gasteiger partial charge in [-0.2, -0.15) is 0 Å². The second-order valence-electron chi connectivity index (χ2n) is 7.56. The fourth-order valence-corrected chi connectivity index (χ4v) is 3.18.